The lowest BCUT2D eigenvalue weighted by Crippen LogP contribution is -2.44. The number of nitrogens with two attached hydrogens (primary N) is 1. The van der Waals surface area contributed by atoms with Gasteiger partial charge in [-0.3, -0.25) is 18.7 Å². The first kappa shape index (κ1) is 30.7. The van der Waals surface area contributed by atoms with Gasteiger partial charge in [0, 0.05) is 28.7 Å². The number of hydrogen-bond acceptors (Lipinski definition) is 5. The summed E-state index contributed by atoms with van der Waals surface area (Å²) >= 11 is 6.30. The fourth-order valence-electron chi connectivity index (χ4n) is 4.81. The summed E-state index contributed by atoms with van der Waals surface area (Å²) in [6.45, 7) is 1.75. The maximum atomic E-state index is 14.8. The van der Waals surface area contributed by atoms with Gasteiger partial charge in [0.15, 0.2) is 0 Å². The highest BCUT2D eigenvalue weighted by atomic mass is 35.5. The molecule has 4 aromatic rings. The molecular weight excluding hydrogens is 561 g/mol. The summed E-state index contributed by atoms with van der Waals surface area (Å²) in [5.74, 6) is -0.868. The summed E-state index contributed by atoms with van der Waals surface area (Å²) in [5.41, 5.74) is 7.30. The molecule has 1 heterocycles. The Hall–Kier alpha value is -4.21. The predicted molar refractivity (Wildman–Crippen MR) is 161 cm³/mol. The minimum Gasteiger partial charge on any atom is -0.494 e. The van der Waals surface area contributed by atoms with Crippen LogP contribution in [0.3, 0.4) is 0 Å². The average molecular weight is 594 g/mol. The Morgan fingerprint density at radius 1 is 1.00 bits per heavy atom. The Morgan fingerprint density at radius 2 is 1.74 bits per heavy atom. The second-order valence-electron chi connectivity index (χ2n) is 10.0. The first-order chi connectivity index (χ1) is 20.2. The zero-order valence-corrected chi connectivity index (χ0v) is 24.0. The third-order valence-electron chi connectivity index (χ3n) is 7.10. The molecule has 0 aliphatic heterocycles. The van der Waals surface area contributed by atoms with Crippen LogP contribution in [0.4, 0.5) is 4.39 Å². The van der Waals surface area contributed by atoms with Crippen molar-refractivity contribution in [2.45, 2.75) is 51.7 Å². The summed E-state index contributed by atoms with van der Waals surface area (Å²) in [7, 11) is 0. The number of carboxylic acids is 1. The second kappa shape index (κ2) is 14.1. The van der Waals surface area contributed by atoms with Gasteiger partial charge in [-0.05, 0) is 61.6 Å². The Bertz CT molecular complexity index is 1650. The van der Waals surface area contributed by atoms with E-state index in [0.29, 0.717) is 42.9 Å². The smallest absolute Gasteiger partial charge is 0.331 e. The standard InChI is InChI=1S/C32H33ClFN3O5/c1-21-30(23-12-8-13-24(18-23)42-17-7-3-6-16-29(38)39)31(40)37(20-28(35)22-10-4-2-5-11-22)32(41)36(21)19-25-26(33)14-9-15-27(25)34/h2,4-5,8-15,18,28H,3,6-7,16-17,19-20,35H2,1H3,(H,38,39)/t28-/m0/s1. The van der Waals surface area contributed by atoms with E-state index in [1.807, 2.05) is 30.3 Å². The molecule has 1 aromatic heterocycles. The molecule has 0 radical (unpaired) electrons. The monoisotopic (exact) mass is 593 g/mol. The Balaban J connectivity index is 1.74. The number of halogens is 2. The molecule has 0 aliphatic rings. The van der Waals surface area contributed by atoms with E-state index in [2.05, 4.69) is 0 Å². The molecule has 0 fully saturated rings. The summed E-state index contributed by atoms with van der Waals surface area (Å²) in [5, 5.41) is 8.96. The van der Waals surface area contributed by atoms with Crippen LogP contribution in [0, 0.1) is 12.7 Å². The van der Waals surface area contributed by atoms with E-state index in [-0.39, 0.29) is 35.7 Å². The van der Waals surface area contributed by atoms with E-state index in [0.717, 1.165) is 10.1 Å². The molecule has 3 N–H and O–H groups in total. The molecule has 0 amide bonds. The van der Waals surface area contributed by atoms with Crippen LogP contribution in [0.25, 0.3) is 11.1 Å². The molecule has 8 nitrogen and oxygen atoms in total. The van der Waals surface area contributed by atoms with Gasteiger partial charge in [-0.25, -0.2) is 9.18 Å². The van der Waals surface area contributed by atoms with Gasteiger partial charge in [0.2, 0.25) is 0 Å². The highest BCUT2D eigenvalue weighted by molar-refractivity contribution is 6.31. The van der Waals surface area contributed by atoms with Crippen molar-refractivity contribution < 1.29 is 19.0 Å². The Kier molecular flexibility index (Phi) is 10.3. The predicted octanol–water partition coefficient (Wildman–Crippen LogP) is 5.55. The van der Waals surface area contributed by atoms with E-state index in [1.165, 1.54) is 16.7 Å². The van der Waals surface area contributed by atoms with Gasteiger partial charge in [-0.1, -0.05) is 60.1 Å². The van der Waals surface area contributed by atoms with Crippen LogP contribution in [0.1, 0.15) is 48.5 Å². The summed E-state index contributed by atoms with van der Waals surface area (Å²) in [4.78, 5) is 38.4. The van der Waals surface area contributed by atoms with Gasteiger partial charge in [-0.2, -0.15) is 0 Å². The second-order valence-corrected chi connectivity index (χ2v) is 10.5. The van der Waals surface area contributed by atoms with E-state index in [1.54, 1.807) is 37.3 Å². The normalized spacial score (nSPS) is 11.8. The van der Waals surface area contributed by atoms with Crippen LogP contribution >= 0.6 is 11.6 Å². The number of hydrogen-bond donors (Lipinski definition) is 2. The van der Waals surface area contributed by atoms with Crippen molar-refractivity contribution in [1.29, 1.82) is 0 Å². The number of carbonyl (C=O) groups is 1. The number of unbranched alkanes of at least 4 members (excludes halogenated alkanes) is 2. The Morgan fingerprint density at radius 3 is 2.45 bits per heavy atom. The number of aliphatic carboxylic acids is 1. The number of ether oxygens (including phenoxy) is 1. The number of benzene rings is 3. The molecule has 0 saturated carbocycles. The van der Waals surface area contributed by atoms with Gasteiger partial charge in [-0.15, -0.1) is 0 Å². The lowest BCUT2D eigenvalue weighted by atomic mass is 10.0. The maximum absolute atomic E-state index is 14.8. The van der Waals surface area contributed by atoms with Crippen LogP contribution in [-0.4, -0.2) is 26.8 Å². The van der Waals surface area contributed by atoms with E-state index in [4.69, 9.17) is 27.2 Å². The van der Waals surface area contributed by atoms with Crippen molar-refractivity contribution >= 4 is 17.6 Å². The largest absolute Gasteiger partial charge is 0.494 e. The molecule has 3 aromatic carbocycles. The minimum absolute atomic E-state index is 0.0908. The third-order valence-corrected chi connectivity index (χ3v) is 7.45. The van der Waals surface area contributed by atoms with Crippen molar-refractivity contribution in [3.05, 3.63) is 121 Å². The van der Waals surface area contributed by atoms with Gasteiger partial charge in [0.25, 0.3) is 5.56 Å². The average Bonchev–Trinajstić information content (AvgIpc) is 2.97. The van der Waals surface area contributed by atoms with Crippen molar-refractivity contribution in [3.63, 3.8) is 0 Å². The summed E-state index contributed by atoms with van der Waals surface area (Å²) in [6.07, 6.45) is 2.06. The van der Waals surface area contributed by atoms with Crippen LogP contribution in [-0.2, 0) is 17.9 Å². The van der Waals surface area contributed by atoms with Gasteiger partial charge in [0.05, 0.1) is 25.3 Å². The van der Waals surface area contributed by atoms with Gasteiger partial charge in [0.1, 0.15) is 11.6 Å². The molecule has 1 atom stereocenters. The fraction of sp³-hybridized carbons (Fsp3) is 0.281. The zero-order chi connectivity index (χ0) is 30.2. The fourth-order valence-corrected chi connectivity index (χ4v) is 5.03. The minimum atomic E-state index is -0.826. The lowest BCUT2D eigenvalue weighted by Gasteiger charge is -2.20. The van der Waals surface area contributed by atoms with Crippen LogP contribution in [0.2, 0.25) is 5.02 Å². The number of aromatic nitrogens is 2. The molecule has 0 spiro atoms. The lowest BCUT2D eigenvalue weighted by molar-refractivity contribution is -0.137. The van der Waals surface area contributed by atoms with E-state index < -0.39 is 29.1 Å². The van der Waals surface area contributed by atoms with Crippen molar-refractivity contribution in [1.82, 2.24) is 9.13 Å². The molecule has 10 heteroatoms. The third kappa shape index (κ3) is 7.35. The van der Waals surface area contributed by atoms with Crippen LogP contribution < -0.4 is 21.7 Å². The van der Waals surface area contributed by atoms with E-state index >= 15 is 0 Å². The highest BCUT2D eigenvalue weighted by Gasteiger charge is 2.22. The summed E-state index contributed by atoms with van der Waals surface area (Å²) < 4.78 is 23.1. The quantitative estimate of drug-likeness (QED) is 0.196. The first-order valence-corrected chi connectivity index (χ1v) is 14.1. The summed E-state index contributed by atoms with van der Waals surface area (Å²) in [6, 6.07) is 19.8. The molecule has 0 unspecified atom stereocenters. The highest BCUT2D eigenvalue weighted by Crippen LogP contribution is 2.26. The SMILES string of the molecule is Cc1c(-c2cccc(OCCCCCC(=O)O)c2)c(=O)n(C[C@H](N)c2ccccc2)c(=O)n1Cc1c(F)cccc1Cl. The molecule has 42 heavy (non-hydrogen) atoms. The van der Waals surface area contributed by atoms with Crippen molar-refractivity contribution in [2.75, 3.05) is 6.61 Å². The van der Waals surface area contributed by atoms with Gasteiger partial charge >= 0.3 is 11.7 Å². The van der Waals surface area contributed by atoms with Crippen molar-refractivity contribution in [2.24, 2.45) is 5.73 Å². The topological polar surface area (TPSA) is 117 Å². The van der Waals surface area contributed by atoms with Gasteiger partial charge < -0.3 is 15.6 Å². The molecule has 0 bridgehead atoms. The molecule has 220 valence electrons. The van der Waals surface area contributed by atoms with Crippen molar-refractivity contribution in [3.8, 4) is 16.9 Å². The molecule has 0 aliphatic carbocycles. The molecule has 0 saturated heterocycles. The van der Waals surface area contributed by atoms with Crippen LogP contribution in [0.15, 0.2) is 82.4 Å². The maximum Gasteiger partial charge on any atom is 0.331 e. The number of carboxylic acid groups (broad SMARTS) is 1. The number of rotatable bonds is 13. The molecule has 4 rings (SSSR count). The Labute approximate surface area is 247 Å². The van der Waals surface area contributed by atoms with E-state index in [9.17, 15) is 18.8 Å². The zero-order valence-electron chi connectivity index (χ0n) is 23.3. The molecular formula is C32H33ClFN3O5. The first-order valence-electron chi connectivity index (χ1n) is 13.7. The number of nitrogens with zero attached hydrogens (tertiary/aromatic N) is 2. The van der Waals surface area contributed by atoms with Crippen LogP contribution in [0.5, 0.6) is 5.75 Å².